The summed E-state index contributed by atoms with van der Waals surface area (Å²) >= 11 is 0. The largest absolute Gasteiger partial charge is 0.496 e. The van der Waals surface area contributed by atoms with Gasteiger partial charge in [0.2, 0.25) is 5.88 Å². The van der Waals surface area contributed by atoms with Gasteiger partial charge in [0, 0.05) is 30.0 Å². The van der Waals surface area contributed by atoms with Gasteiger partial charge >= 0.3 is 0 Å². The van der Waals surface area contributed by atoms with Crippen molar-refractivity contribution in [3.63, 3.8) is 0 Å². The van der Waals surface area contributed by atoms with E-state index in [1.807, 2.05) is 0 Å². The van der Waals surface area contributed by atoms with Crippen LogP contribution in [-0.2, 0) is 4.79 Å². The molecule has 3 rings (SSSR count). The van der Waals surface area contributed by atoms with Crippen molar-refractivity contribution < 1.29 is 27.8 Å². The van der Waals surface area contributed by atoms with Crippen LogP contribution in [0.2, 0.25) is 0 Å². The zero-order valence-electron chi connectivity index (χ0n) is 15.3. The highest BCUT2D eigenvalue weighted by molar-refractivity contribution is 6.01. The number of halogens is 2. The molecule has 0 saturated carbocycles. The van der Waals surface area contributed by atoms with Crippen molar-refractivity contribution in [2.75, 3.05) is 20.4 Å². The minimum absolute atomic E-state index is 0.0236. The fourth-order valence-electron chi connectivity index (χ4n) is 3.46. The molecule has 2 aromatic rings. The van der Waals surface area contributed by atoms with E-state index in [2.05, 4.69) is 10.3 Å². The number of nitrogens with one attached hydrogen (secondary N) is 1. The molecule has 9 heteroatoms. The molecular formula is C19H21F2N3O4. The topological polar surface area (TPSA) is 104 Å². The molecule has 0 spiro atoms. The molecule has 0 bridgehead atoms. The summed E-state index contributed by atoms with van der Waals surface area (Å²) in [5.74, 6) is -1.44. The maximum atomic E-state index is 13.9. The second-order valence-electron chi connectivity index (χ2n) is 6.55. The number of amides is 2. The predicted octanol–water partition coefficient (Wildman–Crippen LogP) is 1.92. The fourth-order valence-corrected chi connectivity index (χ4v) is 3.46. The molecule has 28 heavy (non-hydrogen) atoms. The maximum absolute atomic E-state index is 13.9. The molecule has 0 unspecified atom stereocenters. The Labute approximate surface area is 160 Å². The molecule has 3 atom stereocenters. The van der Waals surface area contributed by atoms with Crippen LogP contribution < -0.4 is 20.5 Å². The van der Waals surface area contributed by atoms with Crippen molar-refractivity contribution in [2.45, 2.75) is 25.1 Å². The smallest absolute Gasteiger partial charge is 0.255 e. The number of aromatic nitrogens is 1. The Balaban J connectivity index is 1.76. The van der Waals surface area contributed by atoms with Crippen LogP contribution in [0.3, 0.4) is 0 Å². The van der Waals surface area contributed by atoms with Gasteiger partial charge in [0.05, 0.1) is 26.0 Å². The van der Waals surface area contributed by atoms with E-state index in [-0.39, 0.29) is 18.6 Å². The second kappa shape index (κ2) is 8.37. The summed E-state index contributed by atoms with van der Waals surface area (Å²) in [6.07, 6.45) is 0.110. The Bertz CT molecular complexity index is 893. The third kappa shape index (κ3) is 3.83. The lowest BCUT2D eigenvalue weighted by molar-refractivity contribution is -0.123. The highest BCUT2D eigenvalue weighted by Gasteiger charge is 2.41. The number of fused-ring (bicyclic) bond motifs is 1. The van der Waals surface area contributed by atoms with Gasteiger partial charge in [-0.2, -0.15) is 0 Å². The van der Waals surface area contributed by atoms with Gasteiger partial charge in [-0.1, -0.05) is 0 Å². The van der Waals surface area contributed by atoms with E-state index in [0.717, 1.165) is 0 Å². The van der Waals surface area contributed by atoms with Gasteiger partial charge in [0.1, 0.15) is 5.75 Å². The van der Waals surface area contributed by atoms with Gasteiger partial charge in [-0.3, -0.25) is 14.0 Å². The van der Waals surface area contributed by atoms with Crippen molar-refractivity contribution in [2.24, 2.45) is 11.7 Å². The molecule has 0 aliphatic carbocycles. The highest BCUT2D eigenvalue weighted by atomic mass is 19.1. The van der Waals surface area contributed by atoms with Crippen molar-refractivity contribution in [3.8, 4) is 11.6 Å². The molecule has 1 saturated heterocycles. The van der Waals surface area contributed by atoms with Gasteiger partial charge in [-0.25, -0.2) is 9.37 Å². The van der Waals surface area contributed by atoms with Gasteiger partial charge in [-0.15, -0.1) is 0 Å². The van der Waals surface area contributed by atoms with Gasteiger partial charge in [0.25, 0.3) is 11.8 Å². The first kappa shape index (κ1) is 19.8. The first-order chi connectivity index (χ1) is 13.5. The number of primary amides is 1. The number of hydrogen-bond acceptors (Lipinski definition) is 5. The van der Waals surface area contributed by atoms with Crippen LogP contribution in [0.5, 0.6) is 11.6 Å². The Kier molecular flexibility index (Phi) is 5.91. The summed E-state index contributed by atoms with van der Waals surface area (Å²) in [6, 6.07) is 4.41. The second-order valence-corrected chi connectivity index (χ2v) is 6.55. The molecule has 2 amide bonds. The normalized spacial score (nSPS) is 21.5. The molecule has 7 nitrogen and oxygen atoms in total. The van der Waals surface area contributed by atoms with E-state index in [9.17, 15) is 18.4 Å². The van der Waals surface area contributed by atoms with Crippen LogP contribution in [0.4, 0.5) is 8.78 Å². The van der Waals surface area contributed by atoms with Crippen LogP contribution in [0.15, 0.2) is 24.4 Å². The minimum atomic E-state index is -1.70. The number of carbonyl (C=O) groups is 2. The number of nitrogens with two attached hydrogens (primary N) is 1. The maximum Gasteiger partial charge on any atom is 0.255 e. The van der Waals surface area contributed by atoms with Crippen molar-refractivity contribution in [1.82, 2.24) is 10.3 Å². The Morgan fingerprint density at radius 2 is 2.14 bits per heavy atom. The summed E-state index contributed by atoms with van der Waals surface area (Å²) in [6.45, 7) is -0.545. The van der Waals surface area contributed by atoms with Crippen molar-refractivity contribution in [1.29, 1.82) is 0 Å². The third-order valence-electron chi connectivity index (χ3n) is 4.89. The fraction of sp³-hybridized carbons (Fsp3) is 0.421. The molecule has 1 aliphatic rings. The minimum Gasteiger partial charge on any atom is -0.496 e. The van der Waals surface area contributed by atoms with Gasteiger partial charge in [0.15, 0.2) is 6.17 Å². The SMILES string of the molecule is COc1cc2c(OCC[C@H]3NC(=O)[C@@H](F)[C@H]3CCF)nccc2cc1C(N)=O. The number of benzene rings is 1. The number of alkyl halides is 2. The average Bonchev–Trinajstić information content (AvgIpc) is 2.95. The third-order valence-corrected chi connectivity index (χ3v) is 4.89. The summed E-state index contributed by atoms with van der Waals surface area (Å²) in [5, 5.41) is 3.85. The lowest BCUT2D eigenvalue weighted by atomic mass is 9.94. The summed E-state index contributed by atoms with van der Waals surface area (Å²) in [7, 11) is 1.42. The first-order valence-corrected chi connectivity index (χ1v) is 8.86. The lowest BCUT2D eigenvalue weighted by Crippen LogP contribution is -2.31. The molecule has 150 valence electrons. The first-order valence-electron chi connectivity index (χ1n) is 8.86. The zero-order valence-corrected chi connectivity index (χ0v) is 15.3. The number of hydrogen-bond donors (Lipinski definition) is 2. The van der Waals surface area contributed by atoms with Gasteiger partial charge in [-0.05, 0) is 30.0 Å². The number of pyridine rings is 1. The van der Waals surface area contributed by atoms with Crippen molar-refractivity contribution in [3.05, 3.63) is 30.0 Å². The molecule has 1 aromatic heterocycles. The number of carbonyl (C=O) groups excluding carboxylic acids is 2. The van der Waals surface area contributed by atoms with E-state index in [1.165, 1.54) is 13.3 Å². The Morgan fingerprint density at radius 1 is 1.36 bits per heavy atom. The van der Waals surface area contributed by atoms with Crippen LogP contribution in [0.1, 0.15) is 23.2 Å². The van der Waals surface area contributed by atoms with Crippen LogP contribution >= 0.6 is 0 Å². The van der Waals surface area contributed by atoms with E-state index < -0.39 is 36.6 Å². The Morgan fingerprint density at radius 3 is 2.82 bits per heavy atom. The number of methoxy groups -OCH3 is 1. The van der Waals surface area contributed by atoms with Crippen LogP contribution in [0.25, 0.3) is 10.8 Å². The van der Waals surface area contributed by atoms with E-state index in [4.69, 9.17) is 15.2 Å². The number of rotatable bonds is 8. The summed E-state index contributed by atoms with van der Waals surface area (Å²) < 4.78 is 37.5. The molecule has 3 N–H and O–H groups in total. The van der Waals surface area contributed by atoms with Gasteiger partial charge < -0.3 is 20.5 Å². The van der Waals surface area contributed by atoms with Crippen LogP contribution in [0, 0.1) is 5.92 Å². The molecule has 1 fully saturated rings. The van der Waals surface area contributed by atoms with Crippen molar-refractivity contribution >= 4 is 22.6 Å². The standard InChI is InChI=1S/C19H21F2N3O4/c1-27-15-9-12-10(8-13(15)17(22)25)3-6-23-19(12)28-7-4-14-11(2-5-20)16(21)18(26)24-14/h3,6,8-9,11,14,16H,2,4-5,7H2,1H3,(H2,22,25)(H,24,26)/t11-,14+,16-/m0/s1. The predicted molar refractivity (Wildman–Crippen MR) is 97.8 cm³/mol. The number of ether oxygens (including phenoxy) is 2. The monoisotopic (exact) mass is 393 g/mol. The highest BCUT2D eigenvalue weighted by Crippen LogP contribution is 2.31. The number of nitrogens with zero attached hydrogens (tertiary/aromatic N) is 1. The average molecular weight is 393 g/mol. The van der Waals surface area contributed by atoms with Crippen LogP contribution in [-0.4, -0.2) is 49.4 Å². The zero-order chi connectivity index (χ0) is 20.3. The summed E-state index contributed by atoms with van der Waals surface area (Å²) in [4.78, 5) is 27.3. The lowest BCUT2D eigenvalue weighted by Gasteiger charge is -2.18. The molecule has 2 heterocycles. The quantitative estimate of drug-likeness (QED) is 0.713. The Hall–Kier alpha value is -2.97. The van der Waals surface area contributed by atoms with E-state index in [1.54, 1.807) is 18.2 Å². The summed E-state index contributed by atoms with van der Waals surface area (Å²) in [5.41, 5.74) is 5.61. The molecule has 1 aliphatic heterocycles. The molecular weight excluding hydrogens is 372 g/mol. The van der Waals surface area contributed by atoms with E-state index in [0.29, 0.717) is 28.8 Å². The molecule has 0 radical (unpaired) electrons. The molecule has 1 aromatic carbocycles. The van der Waals surface area contributed by atoms with E-state index >= 15 is 0 Å².